The molecule has 0 bridgehead atoms. The maximum Gasteiger partial charge on any atom is 0.226 e. The van der Waals surface area contributed by atoms with Gasteiger partial charge in [0.05, 0.1) is 12.9 Å². The van der Waals surface area contributed by atoms with Crippen molar-refractivity contribution in [2.24, 2.45) is 0 Å². The topological polar surface area (TPSA) is 105 Å². The summed E-state index contributed by atoms with van der Waals surface area (Å²) in [6, 6.07) is 1.18. The van der Waals surface area contributed by atoms with Gasteiger partial charge in [0.2, 0.25) is 5.28 Å². The van der Waals surface area contributed by atoms with Crippen molar-refractivity contribution in [1.29, 1.82) is 0 Å². The first-order valence-corrected chi connectivity index (χ1v) is 13.0. The third-order valence-corrected chi connectivity index (χ3v) is 6.56. The van der Waals surface area contributed by atoms with E-state index >= 15 is 0 Å². The van der Waals surface area contributed by atoms with Crippen LogP contribution in [0.25, 0.3) is 11.2 Å². The molecule has 2 aromatic rings. The number of ether oxygens (including phenoxy) is 1. The summed E-state index contributed by atoms with van der Waals surface area (Å²) in [5.41, 5.74) is 0.756. The summed E-state index contributed by atoms with van der Waals surface area (Å²) in [5, 5.41) is 22.3. The van der Waals surface area contributed by atoms with Crippen LogP contribution in [0.15, 0.2) is 6.33 Å². The molecule has 1 fully saturated rings. The van der Waals surface area contributed by atoms with Gasteiger partial charge >= 0.3 is 0 Å². The molecule has 4 atom stereocenters. The fourth-order valence-electron chi connectivity index (χ4n) is 3.10. The monoisotopic (exact) mass is 417 g/mol. The highest BCUT2D eigenvalue weighted by atomic mass is 35.5. The standard InChI is InChI=1S/C16H25ClFN5O3Si/c1-27(2,3)6-4-5-19-13-11-14(22-16(17)21-13)23(8-20-11)15-10(18)12(25)9(7-24)26-15/h8-10,12,15,24-25H,4-7H2,1-3H3,(H,19,21,22)/t9-,10-,12-,15-/m1/s1. The average molecular weight is 418 g/mol. The Labute approximate surface area is 162 Å². The van der Waals surface area contributed by atoms with E-state index in [1.165, 1.54) is 16.9 Å². The van der Waals surface area contributed by atoms with Crippen molar-refractivity contribution in [1.82, 2.24) is 19.5 Å². The third kappa shape index (κ3) is 4.40. The number of nitrogens with one attached hydrogen (secondary N) is 1. The van der Waals surface area contributed by atoms with Gasteiger partial charge in [-0.25, -0.2) is 9.37 Å². The molecule has 11 heteroatoms. The predicted octanol–water partition coefficient (Wildman–Crippen LogP) is 2.21. The van der Waals surface area contributed by atoms with Crippen molar-refractivity contribution in [3.63, 3.8) is 0 Å². The summed E-state index contributed by atoms with van der Waals surface area (Å²) >= 11 is 6.05. The number of hydrogen-bond acceptors (Lipinski definition) is 7. The normalized spacial score (nSPS) is 26.0. The Morgan fingerprint density at radius 3 is 2.74 bits per heavy atom. The second-order valence-corrected chi connectivity index (χ2v) is 13.9. The van der Waals surface area contributed by atoms with E-state index in [-0.39, 0.29) is 5.28 Å². The Morgan fingerprint density at radius 2 is 2.11 bits per heavy atom. The van der Waals surface area contributed by atoms with Crippen molar-refractivity contribution in [2.45, 2.75) is 56.7 Å². The van der Waals surface area contributed by atoms with Crippen molar-refractivity contribution in [3.8, 4) is 0 Å². The zero-order valence-corrected chi connectivity index (χ0v) is 17.3. The average Bonchev–Trinajstić information content (AvgIpc) is 3.12. The molecule has 0 amide bonds. The van der Waals surface area contributed by atoms with Crippen LogP contribution in [-0.4, -0.2) is 69.3 Å². The molecule has 0 unspecified atom stereocenters. The molecule has 1 saturated heterocycles. The van der Waals surface area contributed by atoms with Gasteiger partial charge in [-0.15, -0.1) is 0 Å². The number of nitrogens with zero attached hydrogens (tertiary/aromatic N) is 4. The van der Waals surface area contributed by atoms with Crippen molar-refractivity contribution < 1.29 is 19.3 Å². The first kappa shape index (κ1) is 20.4. The van der Waals surface area contributed by atoms with Gasteiger partial charge in [-0.2, -0.15) is 9.97 Å². The summed E-state index contributed by atoms with van der Waals surface area (Å²) in [5.74, 6) is 0.479. The van der Waals surface area contributed by atoms with Gasteiger partial charge < -0.3 is 20.3 Å². The molecule has 0 radical (unpaired) electrons. The number of hydrogen-bond donors (Lipinski definition) is 3. The minimum atomic E-state index is -1.72. The van der Waals surface area contributed by atoms with Gasteiger partial charge in [-0.3, -0.25) is 4.57 Å². The van der Waals surface area contributed by atoms with Crippen LogP contribution in [0.1, 0.15) is 12.6 Å². The zero-order chi connectivity index (χ0) is 19.8. The van der Waals surface area contributed by atoms with Crippen LogP contribution in [0.5, 0.6) is 0 Å². The lowest BCUT2D eigenvalue weighted by Gasteiger charge is -2.16. The van der Waals surface area contributed by atoms with Gasteiger partial charge in [0, 0.05) is 14.6 Å². The van der Waals surface area contributed by atoms with Crippen molar-refractivity contribution >= 4 is 36.7 Å². The summed E-state index contributed by atoms with van der Waals surface area (Å²) in [4.78, 5) is 12.6. The maximum atomic E-state index is 14.4. The molecule has 0 spiro atoms. The van der Waals surface area contributed by atoms with Gasteiger partial charge in [0.1, 0.15) is 12.2 Å². The number of imidazole rings is 1. The van der Waals surface area contributed by atoms with Gasteiger partial charge in [0.15, 0.2) is 29.4 Å². The van der Waals surface area contributed by atoms with Crippen LogP contribution < -0.4 is 5.32 Å². The Kier molecular flexibility index (Phi) is 6.01. The maximum absolute atomic E-state index is 14.4. The van der Waals surface area contributed by atoms with Gasteiger partial charge in [-0.05, 0) is 18.0 Å². The lowest BCUT2D eigenvalue weighted by molar-refractivity contribution is -0.0459. The van der Waals surface area contributed by atoms with E-state index in [0.717, 1.165) is 13.0 Å². The number of anilines is 1. The SMILES string of the molecule is C[Si](C)(C)CCCNc1nc(Cl)nc2c1ncn2[C@@H]1O[C@H](CO)[C@@H](O)[C@H]1F. The van der Waals surface area contributed by atoms with E-state index in [4.69, 9.17) is 16.3 Å². The summed E-state index contributed by atoms with van der Waals surface area (Å²) in [6.45, 7) is 7.19. The highest BCUT2D eigenvalue weighted by molar-refractivity contribution is 6.76. The Bertz CT molecular complexity index is 802. The smallest absolute Gasteiger partial charge is 0.226 e. The molecule has 3 rings (SSSR count). The second kappa shape index (κ2) is 7.96. The van der Waals surface area contributed by atoms with E-state index in [1.54, 1.807) is 0 Å². The fourth-order valence-corrected chi connectivity index (χ4v) is 4.51. The molecule has 8 nitrogen and oxygen atoms in total. The molecular weight excluding hydrogens is 393 g/mol. The quantitative estimate of drug-likeness (QED) is 0.360. The predicted molar refractivity (Wildman–Crippen MR) is 103 cm³/mol. The number of aliphatic hydroxyl groups is 2. The molecule has 2 aromatic heterocycles. The molecule has 27 heavy (non-hydrogen) atoms. The molecule has 0 aliphatic carbocycles. The Hall–Kier alpha value is -1.33. The third-order valence-electron chi connectivity index (χ3n) is 4.54. The first-order chi connectivity index (χ1) is 12.7. The molecule has 1 aliphatic heterocycles. The highest BCUT2D eigenvalue weighted by Crippen LogP contribution is 2.34. The Balaban J connectivity index is 1.83. The zero-order valence-electron chi connectivity index (χ0n) is 15.6. The van der Waals surface area contributed by atoms with Crippen LogP contribution in [-0.2, 0) is 4.74 Å². The minimum absolute atomic E-state index is 0.00427. The number of rotatable bonds is 7. The second-order valence-electron chi connectivity index (χ2n) is 7.94. The highest BCUT2D eigenvalue weighted by Gasteiger charge is 2.45. The van der Waals surface area contributed by atoms with Crippen LogP contribution in [0.2, 0.25) is 31.0 Å². The molecule has 3 heterocycles. The minimum Gasteiger partial charge on any atom is -0.394 e. The number of aromatic nitrogens is 4. The van der Waals surface area contributed by atoms with Crippen LogP contribution in [0.4, 0.5) is 10.2 Å². The summed E-state index contributed by atoms with van der Waals surface area (Å²) in [6.07, 6.45) is -2.91. The number of aliphatic hydroxyl groups excluding tert-OH is 2. The van der Waals surface area contributed by atoms with E-state index in [0.29, 0.717) is 17.0 Å². The summed E-state index contributed by atoms with van der Waals surface area (Å²) in [7, 11) is -1.12. The summed E-state index contributed by atoms with van der Waals surface area (Å²) < 4.78 is 21.3. The van der Waals surface area contributed by atoms with E-state index in [2.05, 4.69) is 39.9 Å². The van der Waals surface area contributed by atoms with Crippen LogP contribution in [0, 0.1) is 0 Å². The molecule has 150 valence electrons. The lowest BCUT2D eigenvalue weighted by atomic mass is 10.1. The van der Waals surface area contributed by atoms with E-state index in [9.17, 15) is 14.6 Å². The molecule has 0 aromatic carbocycles. The fraction of sp³-hybridized carbons (Fsp3) is 0.688. The molecule has 3 N–H and O–H groups in total. The largest absolute Gasteiger partial charge is 0.394 e. The van der Waals surface area contributed by atoms with Crippen LogP contribution in [0.3, 0.4) is 0 Å². The first-order valence-electron chi connectivity index (χ1n) is 8.93. The molecular formula is C16H25ClFN5O3Si. The van der Waals surface area contributed by atoms with Crippen molar-refractivity contribution in [3.05, 3.63) is 11.6 Å². The van der Waals surface area contributed by atoms with Crippen molar-refractivity contribution in [2.75, 3.05) is 18.5 Å². The van der Waals surface area contributed by atoms with Gasteiger partial charge in [0.25, 0.3) is 0 Å². The number of alkyl halides is 1. The van der Waals surface area contributed by atoms with Crippen LogP contribution >= 0.6 is 11.6 Å². The van der Waals surface area contributed by atoms with E-state index in [1.807, 2.05) is 0 Å². The molecule has 1 aliphatic rings. The molecule has 0 saturated carbocycles. The van der Waals surface area contributed by atoms with Gasteiger partial charge in [-0.1, -0.05) is 25.7 Å². The number of halogens is 2. The number of fused-ring (bicyclic) bond motifs is 1. The lowest BCUT2D eigenvalue weighted by Crippen LogP contribution is -2.30. The van der Waals surface area contributed by atoms with E-state index < -0.39 is 39.3 Å². The Morgan fingerprint density at radius 1 is 1.37 bits per heavy atom.